The number of rotatable bonds is 5. The number of nitrogens with one attached hydrogen (secondary N) is 2. The Hall–Kier alpha value is -1.89. The van der Waals surface area contributed by atoms with Crippen molar-refractivity contribution in [3.8, 4) is 0 Å². The Morgan fingerprint density at radius 3 is 2.78 bits per heavy atom. The van der Waals surface area contributed by atoms with E-state index in [0.717, 1.165) is 12.1 Å². The summed E-state index contributed by atoms with van der Waals surface area (Å²) in [4.78, 5) is 21.0. The van der Waals surface area contributed by atoms with Crippen LogP contribution in [0.4, 0.5) is 15.8 Å². The topological polar surface area (TPSA) is 84.3 Å². The molecule has 18 heavy (non-hydrogen) atoms. The van der Waals surface area contributed by atoms with E-state index in [0.29, 0.717) is 0 Å². The SMILES string of the molecule is CNC(=O)CCNc1cc(F)c(Cl)cc1[N+](=O)[O-]. The summed E-state index contributed by atoms with van der Waals surface area (Å²) in [6.07, 6.45) is 0.123. The predicted octanol–water partition coefficient (Wildman–Crippen LogP) is 1.94. The molecule has 0 radical (unpaired) electrons. The Morgan fingerprint density at radius 2 is 2.22 bits per heavy atom. The minimum absolute atomic E-state index is 0.00852. The van der Waals surface area contributed by atoms with Crippen molar-refractivity contribution >= 4 is 28.9 Å². The van der Waals surface area contributed by atoms with Gasteiger partial charge in [-0.25, -0.2) is 4.39 Å². The number of nitrogens with zero attached hydrogens (tertiary/aromatic N) is 1. The van der Waals surface area contributed by atoms with Crippen molar-refractivity contribution in [1.82, 2.24) is 5.32 Å². The molecule has 0 fully saturated rings. The maximum Gasteiger partial charge on any atom is 0.294 e. The van der Waals surface area contributed by atoms with Crippen LogP contribution in [0.1, 0.15) is 6.42 Å². The second-order valence-electron chi connectivity index (χ2n) is 3.39. The molecule has 2 N–H and O–H groups in total. The predicted molar refractivity (Wildman–Crippen MR) is 65.2 cm³/mol. The standard InChI is InChI=1S/C10H11ClFN3O3/c1-13-10(16)2-3-14-8-5-7(12)6(11)4-9(8)15(17)18/h4-5,14H,2-3H2,1H3,(H,13,16). The average molecular weight is 276 g/mol. The number of nitro benzene ring substituents is 1. The molecule has 0 aliphatic heterocycles. The Labute approximate surface area is 107 Å². The zero-order valence-electron chi connectivity index (χ0n) is 9.50. The van der Waals surface area contributed by atoms with Crippen LogP contribution in [0.25, 0.3) is 0 Å². The number of amides is 1. The second-order valence-corrected chi connectivity index (χ2v) is 3.80. The molecule has 0 aliphatic rings. The van der Waals surface area contributed by atoms with E-state index in [2.05, 4.69) is 10.6 Å². The fraction of sp³-hybridized carbons (Fsp3) is 0.300. The van der Waals surface area contributed by atoms with Gasteiger partial charge in [-0.3, -0.25) is 14.9 Å². The van der Waals surface area contributed by atoms with Gasteiger partial charge in [0.2, 0.25) is 5.91 Å². The lowest BCUT2D eigenvalue weighted by molar-refractivity contribution is -0.384. The lowest BCUT2D eigenvalue weighted by Gasteiger charge is -2.07. The number of anilines is 1. The van der Waals surface area contributed by atoms with Gasteiger partial charge in [0.15, 0.2) is 0 Å². The molecular formula is C10H11ClFN3O3. The van der Waals surface area contributed by atoms with Gasteiger partial charge in [0, 0.05) is 32.1 Å². The fourth-order valence-corrected chi connectivity index (χ4v) is 1.42. The summed E-state index contributed by atoms with van der Waals surface area (Å²) in [6.45, 7) is 0.154. The highest BCUT2D eigenvalue weighted by Gasteiger charge is 2.17. The first-order chi connectivity index (χ1) is 8.45. The van der Waals surface area contributed by atoms with Crippen LogP contribution < -0.4 is 10.6 Å². The Balaban J connectivity index is 2.83. The molecule has 0 atom stereocenters. The molecule has 0 bridgehead atoms. The number of hydrogen-bond donors (Lipinski definition) is 2. The normalized spacial score (nSPS) is 9.94. The monoisotopic (exact) mass is 275 g/mol. The molecular weight excluding hydrogens is 265 g/mol. The third-order valence-electron chi connectivity index (χ3n) is 2.18. The van der Waals surface area contributed by atoms with E-state index in [1.54, 1.807) is 0 Å². The molecule has 0 aromatic heterocycles. The highest BCUT2D eigenvalue weighted by atomic mass is 35.5. The highest BCUT2D eigenvalue weighted by Crippen LogP contribution is 2.30. The molecule has 1 amide bonds. The van der Waals surface area contributed by atoms with Crippen LogP contribution >= 0.6 is 11.6 Å². The van der Waals surface area contributed by atoms with Crippen LogP contribution in [0.3, 0.4) is 0 Å². The average Bonchev–Trinajstić information content (AvgIpc) is 2.32. The molecule has 0 saturated heterocycles. The van der Waals surface area contributed by atoms with Crippen molar-refractivity contribution in [2.45, 2.75) is 6.42 Å². The third kappa shape index (κ3) is 3.56. The summed E-state index contributed by atoms with van der Waals surface area (Å²) in [6, 6.07) is 1.86. The van der Waals surface area contributed by atoms with Crippen molar-refractivity contribution in [3.05, 3.63) is 33.1 Å². The quantitative estimate of drug-likeness (QED) is 0.635. The zero-order valence-corrected chi connectivity index (χ0v) is 10.3. The molecule has 0 spiro atoms. The van der Waals surface area contributed by atoms with Gasteiger partial charge >= 0.3 is 0 Å². The number of nitro groups is 1. The van der Waals surface area contributed by atoms with Crippen LogP contribution in [0.15, 0.2) is 12.1 Å². The van der Waals surface area contributed by atoms with Gasteiger partial charge in [-0.2, -0.15) is 0 Å². The van der Waals surface area contributed by atoms with E-state index in [1.807, 2.05) is 0 Å². The molecule has 1 aromatic rings. The number of carbonyl (C=O) groups is 1. The first kappa shape index (κ1) is 14.2. The lowest BCUT2D eigenvalue weighted by Crippen LogP contribution is -2.21. The van der Waals surface area contributed by atoms with Gasteiger partial charge in [0.1, 0.15) is 11.5 Å². The van der Waals surface area contributed by atoms with Gasteiger partial charge in [0.05, 0.1) is 9.95 Å². The van der Waals surface area contributed by atoms with E-state index in [4.69, 9.17) is 11.6 Å². The Morgan fingerprint density at radius 1 is 1.56 bits per heavy atom. The molecule has 1 aromatic carbocycles. The molecule has 8 heteroatoms. The molecule has 98 valence electrons. The summed E-state index contributed by atoms with van der Waals surface area (Å²) < 4.78 is 13.2. The number of benzene rings is 1. The van der Waals surface area contributed by atoms with Crippen molar-refractivity contribution in [3.63, 3.8) is 0 Å². The summed E-state index contributed by atoms with van der Waals surface area (Å²) in [7, 11) is 1.48. The van der Waals surface area contributed by atoms with Gasteiger partial charge in [0.25, 0.3) is 5.69 Å². The van der Waals surface area contributed by atoms with Crippen LogP contribution in [0.2, 0.25) is 5.02 Å². The van der Waals surface area contributed by atoms with Gasteiger partial charge in [-0.15, -0.1) is 0 Å². The maximum absolute atomic E-state index is 13.2. The van der Waals surface area contributed by atoms with Crippen molar-refractivity contribution in [2.24, 2.45) is 0 Å². The highest BCUT2D eigenvalue weighted by molar-refractivity contribution is 6.31. The van der Waals surface area contributed by atoms with Crippen molar-refractivity contribution in [1.29, 1.82) is 0 Å². The minimum atomic E-state index is -0.760. The largest absolute Gasteiger partial charge is 0.379 e. The van der Waals surface area contributed by atoms with E-state index in [9.17, 15) is 19.3 Å². The zero-order chi connectivity index (χ0) is 13.7. The van der Waals surface area contributed by atoms with Gasteiger partial charge in [-0.1, -0.05) is 11.6 Å². The third-order valence-corrected chi connectivity index (χ3v) is 2.47. The summed E-state index contributed by atoms with van der Waals surface area (Å²) in [5.41, 5.74) is -0.343. The van der Waals surface area contributed by atoms with Crippen LogP contribution in [0, 0.1) is 15.9 Å². The smallest absolute Gasteiger partial charge is 0.294 e. The minimum Gasteiger partial charge on any atom is -0.379 e. The summed E-state index contributed by atoms with van der Waals surface area (Å²) in [5, 5.41) is 15.5. The number of carbonyl (C=O) groups excluding carboxylic acids is 1. The van der Waals surface area contributed by atoms with Crippen LogP contribution in [-0.4, -0.2) is 24.4 Å². The van der Waals surface area contributed by atoms with Gasteiger partial charge in [-0.05, 0) is 0 Å². The van der Waals surface area contributed by atoms with E-state index in [1.165, 1.54) is 7.05 Å². The molecule has 1 rings (SSSR count). The number of halogens is 2. The first-order valence-corrected chi connectivity index (χ1v) is 5.41. The fourth-order valence-electron chi connectivity index (χ4n) is 1.26. The van der Waals surface area contributed by atoms with Crippen molar-refractivity contribution in [2.75, 3.05) is 18.9 Å². The number of hydrogen-bond acceptors (Lipinski definition) is 4. The Bertz CT molecular complexity index is 482. The van der Waals surface area contributed by atoms with Crippen LogP contribution in [0.5, 0.6) is 0 Å². The van der Waals surface area contributed by atoms with E-state index in [-0.39, 0.29) is 35.3 Å². The van der Waals surface area contributed by atoms with Gasteiger partial charge < -0.3 is 10.6 Å². The molecule has 0 heterocycles. The van der Waals surface area contributed by atoms with Crippen molar-refractivity contribution < 1.29 is 14.1 Å². The van der Waals surface area contributed by atoms with Crippen LogP contribution in [-0.2, 0) is 4.79 Å². The molecule has 0 saturated carbocycles. The lowest BCUT2D eigenvalue weighted by atomic mass is 10.2. The van der Waals surface area contributed by atoms with E-state index < -0.39 is 10.7 Å². The summed E-state index contributed by atoms with van der Waals surface area (Å²) >= 11 is 5.47. The van der Waals surface area contributed by atoms with E-state index >= 15 is 0 Å². The maximum atomic E-state index is 13.2. The molecule has 0 unspecified atom stereocenters. The Kier molecular flexibility index (Phi) is 4.85. The molecule has 6 nitrogen and oxygen atoms in total. The first-order valence-electron chi connectivity index (χ1n) is 5.03. The summed E-state index contributed by atoms with van der Waals surface area (Å²) in [5.74, 6) is -0.982. The second kappa shape index (κ2) is 6.15. The molecule has 0 aliphatic carbocycles.